The second kappa shape index (κ2) is 15.1. The van der Waals surface area contributed by atoms with Gasteiger partial charge in [0.1, 0.15) is 0 Å². The van der Waals surface area contributed by atoms with E-state index in [-0.39, 0.29) is 5.97 Å². The standard InChI is InChI=1S/C41H37O2P/c1-3-41(35-20-9-5-10-21-35,36-22-11-6-12-23-36)30-29-33(32-40(42)43-4-2)31-34-19-17-18-28-39(34)44(37-24-13-7-14-25-37)38-26-15-8-16-27-38/h3,5-30,32H,1,4,31H2,2H3/b30-29+,33-32+. The maximum atomic E-state index is 12.9. The van der Waals surface area contributed by atoms with Crippen LogP contribution < -0.4 is 15.9 Å². The van der Waals surface area contributed by atoms with Gasteiger partial charge in [-0.3, -0.25) is 0 Å². The predicted molar refractivity (Wildman–Crippen MR) is 187 cm³/mol. The van der Waals surface area contributed by atoms with Crippen molar-refractivity contribution in [1.29, 1.82) is 0 Å². The first-order valence-electron chi connectivity index (χ1n) is 14.9. The number of allylic oxidation sites excluding steroid dienone is 4. The highest BCUT2D eigenvalue weighted by atomic mass is 31.1. The van der Waals surface area contributed by atoms with Gasteiger partial charge >= 0.3 is 5.97 Å². The zero-order valence-electron chi connectivity index (χ0n) is 25.1. The highest BCUT2D eigenvalue weighted by molar-refractivity contribution is 7.79. The maximum Gasteiger partial charge on any atom is 0.331 e. The van der Waals surface area contributed by atoms with Crippen LogP contribution in [0.3, 0.4) is 0 Å². The molecule has 5 aromatic rings. The van der Waals surface area contributed by atoms with E-state index in [9.17, 15) is 4.79 Å². The molecule has 0 heterocycles. The first-order valence-corrected chi connectivity index (χ1v) is 16.3. The van der Waals surface area contributed by atoms with Crippen molar-refractivity contribution in [2.24, 2.45) is 0 Å². The quantitative estimate of drug-likeness (QED) is 0.0480. The van der Waals surface area contributed by atoms with Gasteiger partial charge in [-0.2, -0.15) is 0 Å². The first kappa shape index (κ1) is 30.7. The molecule has 0 aliphatic heterocycles. The van der Waals surface area contributed by atoms with Crippen LogP contribution in [0.4, 0.5) is 0 Å². The largest absolute Gasteiger partial charge is 0.463 e. The van der Waals surface area contributed by atoms with E-state index in [1.54, 1.807) is 6.08 Å². The molecule has 0 amide bonds. The Hall–Kier alpha value is -4.78. The summed E-state index contributed by atoms with van der Waals surface area (Å²) in [4.78, 5) is 12.9. The van der Waals surface area contributed by atoms with E-state index in [1.807, 2.05) is 49.4 Å². The second-order valence-corrected chi connectivity index (χ2v) is 12.6. The molecule has 5 rings (SSSR count). The van der Waals surface area contributed by atoms with E-state index in [2.05, 4.69) is 128 Å². The van der Waals surface area contributed by atoms with Crippen molar-refractivity contribution >= 4 is 29.8 Å². The molecule has 44 heavy (non-hydrogen) atoms. The van der Waals surface area contributed by atoms with Crippen molar-refractivity contribution in [3.63, 3.8) is 0 Å². The number of hydrogen-bond donors (Lipinski definition) is 0. The van der Waals surface area contributed by atoms with Crippen molar-refractivity contribution in [2.45, 2.75) is 18.8 Å². The highest BCUT2D eigenvalue weighted by Gasteiger charge is 2.28. The summed E-state index contributed by atoms with van der Waals surface area (Å²) in [5.41, 5.74) is 3.66. The topological polar surface area (TPSA) is 26.3 Å². The maximum absolute atomic E-state index is 12.9. The van der Waals surface area contributed by atoms with E-state index < -0.39 is 13.3 Å². The fourth-order valence-corrected chi connectivity index (χ4v) is 7.97. The summed E-state index contributed by atoms with van der Waals surface area (Å²) in [5, 5.41) is 3.84. The Morgan fingerprint density at radius 1 is 0.705 bits per heavy atom. The molecule has 0 atom stereocenters. The van der Waals surface area contributed by atoms with Crippen molar-refractivity contribution in [1.82, 2.24) is 0 Å². The molecule has 218 valence electrons. The molecular formula is C41H37O2P. The second-order valence-electron chi connectivity index (χ2n) is 10.4. The number of esters is 1. The molecule has 0 bridgehead atoms. The molecule has 0 saturated heterocycles. The van der Waals surface area contributed by atoms with Crippen LogP contribution in [0, 0.1) is 0 Å². The molecule has 5 aromatic carbocycles. The molecule has 0 unspecified atom stereocenters. The molecule has 0 radical (unpaired) electrons. The Morgan fingerprint density at radius 2 is 1.18 bits per heavy atom. The highest BCUT2D eigenvalue weighted by Crippen LogP contribution is 2.37. The number of hydrogen-bond acceptors (Lipinski definition) is 2. The Kier molecular flexibility index (Phi) is 10.5. The Labute approximate surface area is 262 Å². The smallest absolute Gasteiger partial charge is 0.331 e. The van der Waals surface area contributed by atoms with Gasteiger partial charge in [-0.05, 0) is 59.4 Å². The van der Waals surface area contributed by atoms with Crippen molar-refractivity contribution < 1.29 is 9.53 Å². The minimum Gasteiger partial charge on any atom is -0.463 e. The summed E-state index contributed by atoms with van der Waals surface area (Å²) in [7, 11) is -0.815. The van der Waals surface area contributed by atoms with Crippen LogP contribution in [0.2, 0.25) is 0 Å². The van der Waals surface area contributed by atoms with Crippen LogP contribution in [0.25, 0.3) is 0 Å². The predicted octanol–water partition coefficient (Wildman–Crippen LogP) is 8.21. The van der Waals surface area contributed by atoms with Crippen LogP contribution in [-0.4, -0.2) is 12.6 Å². The summed E-state index contributed by atoms with van der Waals surface area (Å²) in [6, 6.07) is 50.7. The lowest BCUT2D eigenvalue weighted by Gasteiger charge is -2.29. The molecule has 0 aliphatic carbocycles. The Bertz CT molecular complexity index is 1630. The fourth-order valence-electron chi connectivity index (χ4n) is 5.50. The fraction of sp³-hybridized carbons (Fsp3) is 0.0976. The number of carbonyl (C=O) groups is 1. The molecular weight excluding hydrogens is 555 g/mol. The molecule has 0 aromatic heterocycles. The van der Waals surface area contributed by atoms with Crippen molar-refractivity contribution in [3.8, 4) is 0 Å². The normalized spacial score (nSPS) is 11.9. The lowest BCUT2D eigenvalue weighted by atomic mass is 9.74. The monoisotopic (exact) mass is 592 g/mol. The molecule has 0 fully saturated rings. The van der Waals surface area contributed by atoms with Gasteiger partial charge in [0, 0.05) is 6.08 Å². The number of benzene rings is 5. The molecule has 3 heteroatoms. The van der Waals surface area contributed by atoms with Crippen LogP contribution in [-0.2, 0) is 21.4 Å². The molecule has 0 spiro atoms. The molecule has 0 N–H and O–H groups in total. The van der Waals surface area contributed by atoms with Gasteiger partial charge in [0.15, 0.2) is 0 Å². The lowest BCUT2D eigenvalue weighted by Crippen LogP contribution is -2.24. The molecule has 0 aliphatic rings. The van der Waals surface area contributed by atoms with Crippen molar-refractivity contribution in [2.75, 3.05) is 6.61 Å². The number of carbonyl (C=O) groups excluding carboxylic acids is 1. The van der Waals surface area contributed by atoms with E-state index in [0.29, 0.717) is 13.0 Å². The van der Waals surface area contributed by atoms with E-state index in [0.717, 1.165) is 16.7 Å². The Balaban J connectivity index is 1.61. The van der Waals surface area contributed by atoms with E-state index in [4.69, 9.17) is 4.74 Å². The van der Waals surface area contributed by atoms with Crippen LogP contribution >= 0.6 is 7.92 Å². The SMILES string of the molecule is C=CC(/C=C/C(=C\C(=O)OCC)Cc1ccccc1P(c1ccccc1)c1ccccc1)(c1ccccc1)c1ccccc1. The van der Waals surface area contributed by atoms with Crippen LogP contribution in [0.1, 0.15) is 23.6 Å². The lowest BCUT2D eigenvalue weighted by molar-refractivity contribution is -0.137. The van der Waals surface area contributed by atoms with Gasteiger partial charge in [0.2, 0.25) is 0 Å². The zero-order chi connectivity index (χ0) is 30.6. The summed E-state index contributed by atoms with van der Waals surface area (Å²) < 4.78 is 5.39. The van der Waals surface area contributed by atoms with Gasteiger partial charge in [-0.1, -0.05) is 164 Å². The molecule has 2 nitrogen and oxygen atoms in total. The Morgan fingerprint density at radius 3 is 1.68 bits per heavy atom. The average Bonchev–Trinajstić information content (AvgIpc) is 3.08. The third kappa shape index (κ3) is 7.22. The van der Waals surface area contributed by atoms with Gasteiger partial charge in [-0.15, -0.1) is 6.58 Å². The minimum atomic E-state index is -0.815. The molecule has 0 saturated carbocycles. The van der Waals surface area contributed by atoms with E-state index in [1.165, 1.54) is 21.5 Å². The third-order valence-corrected chi connectivity index (χ3v) is 10.2. The third-order valence-electron chi connectivity index (χ3n) is 7.63. The van der Waals surface area contributed by atoms with Crippen LogP contribution in [0.5, 0.6) is 0 Å². The summed E-state index contributed by atoms with van der Waals surface area (Å²) in [6.07, 6.45) is 8.42. The summed E-state index contributed by atoms with van der Waals surface area (Å²) in [5.74, 6) is -0.346. The summed E-state index contributed by atoms with van der Waals surface area (Å²) in [6.45, 7) is 6.43. The van der Waals surface area contributed by atoms with E-state index >= 15 is 0 Å². The first-order chi connectivity index (χ1) is 21.6. The average molecular weight is 593 g/mol. The van der Waals surface area contributed by atoms with Crippen molar-refractivity contribution in [3.05, 3.63) is 199 Å². The number of ether oxygens (including phenoxy) is 1. The van der Waals surface area contributed by atoms with Gasteiger partial charge in [-0.25, -0.2) is 4.79 Å². The van der Waals surface area contributed by atoms with Crippen LogP contribution in [0.15, 0.2) is 182 Å². The number of rotatable bonds is 12. The minimum absolute atomic E-state index is 0.320. The van der Waals surface area contributed by atoms with Gasteiger partial charge < -0.3 is 4.74 Å². The summed E-state index contributed by atoms with van der Waals surface area (Å²) >= 11 is 0. The van der Waals surface area contributed by atoms with Gasteiger partial charge in [0.05, 0.1) is 12.0 Å². The van der Waals surface area contributed by atoms with Gasteiger partial charge in [0.25, 0.3) is 0 Å². The zero-order valence-corrected chi connectivity index (χ0v) is 25.9.